The molecule has 1 aliphatic rings. The monoisotopic (exact) mass is 338 g/mol. The van der Waals surface area contributed by atoms with Crippen LogP contribution in [0.1, 0.15) is 30.6 Å². The summed E-state index contributed by atoms with van der Waals surface area (Å²) >= 11 is 0. The Hall–Kier alpha value is -2.33. The van der Waals surface area contributed by atoms with Gasteiger partial charge in [-0.15, -0.1) is 0 Å². The van der Waals surface area contributed by atoms with Crippen LogP contribution >= 0.6 is 0 Å². The van der Waals surface area contributed by atoms with E-state index in [-0.39, 0.29) is 12.0 Å². The van der Waals surface area contributed by atoms with Crippen LogP contribution in [0.15, 0.2) is 59.8 Å². The van der Waals surface area contributed by atoms with E-state index in [1.807, 2.05) is 36.4 Å². The highest BCUT2D eigenvalue weighted by Crippen LogP contribution is 2.38. The van der Waals surface area contributed by atoms with Gasteiger partial charge in [-0.3, -0.25) is 0 Å². The number of oxime groups is 1. The molecule has 132 valence electrons. The molecule has 2 aromatic rings. The fourth-order valence-electron chi connectivity index (χ4n) is 3.10. The van der Waals surface area contributed by atoms with E-state index < -0.39 is 0 Å². The molecule has 0 amide bonds. The fraction of sp³-hybridized carbons (Fsp3) is 0.381. The quantitative estimate of drug-likeness (QED) is 0.587. The minimum Gasteiger partial charge on any atom is -0.484 e. The Morgan fingerprint density at radius 1 is 1.04 bits per heavy atom. The van der Waals surface area contributed by atoms with E-state index >= 15 is 0 Å². The molecule has 1 aliphatic heterocycles. The highest BCUT2D eigenvalue weighted by atomic mass is 16.6. The van der Waals surface area contributed by atoms with E-state index in [0.29, 0.717) is 6.61 Å². The van der Waals surface area contributed by atoms with Crippen molar-refractivity contribution in [3.63, 3.8) is 0 Å². The van der Waals surface area contributed by atoms with Crippen LogP contribution < -0.4 is 4.74 Å². The smallest absolute Gasteiger partial charge is 0.132 e. The average Bonchev–Trinajstić information content (AvgIpc) is 2.63. The van der Waals surface area contributed by atoms with E-state index in [9.17, 15) is 0 Å². The predicted molar refractivity (Wildman–Crippen MR) is 101 cm³/mol. The first kappa shape index (κ1) is 17.5. The number of nitrogens with zero attached hydrogens (tertiary/aromatic N) is 2. The number of para-hydroxylation sites is 1. The van der Waals surface area contributed by atoms with Crippen LogP contribution in [0.4, 0.5) is 0 Å². The van der Waals surface area contributed by atoms with Crippen molar-refractivity contribution in [2.75, 3.05) is 27.2 Å². The van der Waals surface area contributed by atoms with Crippen molar-refractivity contribution in [1.82, 2.24) is 4.90 Å². The zero-order chi connectivity index (χ0) is 17.6. The summed E-state index contributed by atoms with van der Waals surface area (Å²) in [5, 5.41) is 4.50. The maximum atomic E-state index is 6.28. The standard InChI is InChI=1S/C21H26N2O2/c1-16-20(22-24-15-9-14-23(2)3)18-12-7-8-13-19(18)25-21(16)17-10-5-4-6-11-17/h4-8,10-13,16,21H,9,14-15H2,1-3H3/b22-20+. The molecule has 0 N–H and O–H groups in total. The van der Waals surface area contributed by atoms with E-state index in [1.54, 1.807) is 0 Å². The molecule has 1 heterocycles. The molecule has 0 saturated heterocycles. The molecular formula is C21H26N2O2. The summed E-state index contributed by atoms with van der Waals surface area (Å²) in [5.74, 6) is 0.983. The van der Waals surface area contributed by atoms with Gasteiger partial charge < -0.3 is 14.5 Å². The maximum absolute atomic E-state index is 6.28. The zero-order valence-corrected chi connectivity index (χ0v) is 15.2. The van der Waals surface area contributed by atoms with Gasteiger partial charge in [-0.1, -0.05) is 54.5 Å². The normalized spacial score (nSPS) is 21.0. The highest BCUT2D eigenvalue weighted by molar-refractivity contribution is 6.05. The van der Waals surface area contributed by atoms with Crippen molar-refractivity contribution < 1.29 is 9.57 Å². The Labute approximate surface area is 150 Å². The van der Waals surface area contributed by atoms with Gasteiger partial charge in [0.2, 0.25) is 0 Å². The molecule has 4 heteroatoms. The Morgan fingerprint density at radius 2 is 1.76 bits per heavy atom. The number of ether oxygens (including phenoxy) is 1. The molecule has 2 atom stereocenters. The second-order valence-corrected chi connectivity index (χ2v) is 6.70. The first-order valence-electron chi connectivity index (χ1n) is 8.82. The van der Waals surface area contributed by atoms with E-state index in [4.69, 9.17) is 9.57 Å². The third kappa shape index (κ3) is 4.20. The van der Waals surface area contributed by atoms with Gasteiger partial charge in [0.05, 0.1) is 5.71 Å². The summed E-state index contributed by atoms with van der Waals surface area (Å²) in [6.07, 6.45) is 0.901. The maximum Gasteiger partial charge on any atom is 0.132 e. The lowest BCUT2D eigenvalue weighted by Crippen LogP contribution is -2.30. The van der Waals surface area contributed by atoms with Crippen LogP contribution in [0.3, 0.4) is 0 Å². The minimum absolute atomic E-state index is 0.0553. The molecule has 2 aromatic carbocycles. The van der Waals surface area contributed by atoms with Crippen molar-refractivity contribution >= 4 is 5.71 Å². The minimum atomic E-state index is -0.0553. The Morgan fingerprint density at radius 3 is 2.52 bits per heavy atom. The zero-order valence-electron chi connectivity index (χ0n) is 15.2. The average molecular weight is 338 g/mol. The lowest BCUT2D eigenvalue weighted by Gasteiger charge is -2.32. The molecular weight excluding hydrogens is 312 g/mol. The van der Waals surface area contributed by atoms with Crippen molar-refractivity contribution in [3.8, 4) is 5.75 Å². The second-order valence-electron chi connectivity index (χ2n) is 6.70. The molecule has 0 aromatic heterocycles. The molecule has 0 aliphatic carbocycles. The summed E-state index contributed by atoms with van der Waals surface area (Å²) in [6.45, 7) is 3.76. The number of fused-ring (bicyclic) bond motifs is 1. The summed E-state index contributed by atoms with van der Waals surface area (Å²) in [7, 11) is 4.13. The fourth-order valence-corrected chi connectivity index (χ4v) is 3.10. The molecule has 0 bridgehead atoms. The van der Waals surface area contributed by atoms with E-state index in [0.717, 1.165) is 35.6 Å². The predicted octanol–water partition coefficient (Wildman–Crippen LogP) is 4.13. The van der Waals surface area contributed by atoms with Gasteiger partial charge in [-0.25, -0.2) is 0 Å². The Kier molecular flexibility index (Phi) is 5.71. The van der Waals surface area contributed by atoms with Gasteiger partial charge in [0, 0.05) is 18.0 Å². The van der Waals surface area contributed by atoms with Crippen molar-refractivity contribution in [2.45, 2.75) is 19.4 Å². The Bertz CT molecular complexity index is 713. The highest BCUT2D eigenvalue weighted by Gasteiger charge is 2.33. The third-order valence-electron chi connectivity index (χ3n) is 4.43. The van der Waals surface area contributed by atoms with Crippen LogP contribution in [0, 0.1) is 5.92 Å². The van der Waals surface area contributed by atoms with Crippen LogP contribution in [-0.4, -0.2) is 37.9 Å². The van der Waals surface area contributed by atoms with Crippen LogP contribution in [-0.2, 0) is 4.84 Å². The van der Waals surface area contributed by atoms with Gasteiger partial charge in [-0.2, -0.15) is 0 Å². The SMILES string of the molecule is CC1/C(=N\OCCCN(C)C)c2ccccc2OC1c1ccccc1. The van der Waals surface area contributed by atoms with Crippen molar-refractivity contribution in [2.24, 2.45) is 11.1 Å². The summed E-state index contributed by atoms with van der Waals surface area (Å²) in [5.41, 5.74) is 3.14. The largest absolute Gasteiger partial charge is 0.484 e. The first-order valence-corrected chi connectivity index (χ1v) is 8.82. The molecule has 2 unspecified atom stereocenters. The molecule has 25 heavy (non-hydrogen) atoms. The van der Waals surface area contributed by atoms with E-state index in [2.05, 4.69) is 49.3 Å². The number of hydrogen-bond donors (Lipinski definition) is 0. The van der Waals surface area contributed by atoms with Gasteiger partial charge >= 0.3 is 0 Å². The topological polar surface area (TPSA) is 34.1 Å². The van der Waals surface area contributed by atoms with Crippen LogP contribution in [0.25, 0.3) is 0 Å². The molecule has 0 fully saturated rings. The van der Waals surface area contributed by atoms with Crippen molar-refractivity contribution in [1.29, 1.82) is 0 Å². The lowest BCUT2D eigenvalue weighted by atomic mass is 9.86. The molecule has 0 saturated carbocycles. The van der Waals surface area contributed by atoms with Crippen LogP contribution in [0.2, 0.25) is 0 Å². The third-order valence-corrected chi connectivity index (χ3v) is 4.43. The lowest BCUT2D eigenvalue weighted by molar-refractivity contribution is 0.124. The summed E-state index contributed by atoms with van der Waals surface area (Å²) in [6, 6.07) is 18.4. The molecule has 0 spiro atoms. The molecule has 3 rings (SSSR count). The van der Waals surface area contributed by atoms with Gasteiger partial charge in [0.15, 0.2) is 0 Å². The first-order chi connectivity index (χ1) is 12.2. The second kappa shape index (κ2) is 8.17. The van der Waals surface area contributed by atoms with E-state index in [1.165, 1.54) is 0 Å². The van der Waals surface area contributed by atoms with Crippen LogP contribution in [0.5, 0.6) is 5.75 Å². The summed E-state index contributed by atoms with van der Waals surface area (Å²) in [4.78, 5) is 7.79. The number of hydrogen-bond acceptors (Lipinski definition) is 4. The molecule has 0 radical (unpaired) electrons. The number of rotatable bonds is 6. The Balaban J connectivity index is 1.82. The molecule has 4 nitrogen and oxygen atoms in total. The van der Waals surface area contributed by atoms with Crippen molar-refractivity contribution in [3.05, 3.63) is 65.7 Å². The summed E-state index contributed by atoms with van der Waals surface area (Å²) < 4.78 is 6.28. The van der Waals surface area contributed by atoms with Gasteiger partial charge in [0.1, 0.15) is 18.5 Å². The van der Waals surface area contributed by atoms with Gasteiger partial charge in [-0.05, 0) is 38.2 Å². The number of benzene rings is 2. The van der Waals surface area contributed by atoms with Gasteiger partial charge in [0.25, 0.3) is 0 Å².